The Labute approximate surface area is 146 Å². The van der Waals surface area contributed by atoms with Gasteiger partial charge in [-0.2, -0.15) is 0 Å². The first-order chi connectivity index (χ1) is 12.0. The quantitative estimate of drug-likeness (QED) is 0.504. The van der Waals surface area contributed by atoms with Crippen LogP contribution in [0.25, 0.3) is 11.3 Å². The lowest BCUT2D eigenvalue weighted by Crippen LogP contribution is -1.97. The minimum absolute atomic E-state index is 0.295. The minimum Gasteiger partial charge on any atom is -0.322 e. The third-order valence-corrected chi connectivity index (χ3v) is 4.69. The van der Waals surface area contributed by atoms with E-state index in [4.69, 9.17) is 0 Å². The molecule has 0 aliphatic rings. The number of non-ortho nitro benzene ring substituents is 1. The number of hydrogen-bond donors (Lipinski definition) is 0. The third kappa shape index (κ3) is 3.36. The Kier molecular flexibility index (Phi) is 4.48. The van der Waals surface area contributed by atoms with Crippen LogP contribution in [-0.2, 0) is 7.05 Å². The first-order valence-electron chi connectivity index (χ1n) is 7.15. The number of benzene rings is 2. The fourth-order valence-corrected chi connectivity index (χ4v) is 3.22. The lowest BCUT2D eigenvalue weighted by atomic mass is 10.2. The zero-order chi connectivity index (χ0) is 18.0. The average Bonchev–Trinajstić information content (AvgIpc) is 2.96. The number of nitro groups is 2. The van der Waals surface area contributed by atoms with Crippen LogP contribution in [0.15, 0.2) is 64.8 Å². The van der Waals surface area contributed by atoms with E-state index in [2.05, 4.69) is 4.98 Å². The van der Waals surface area contributed by atoms with Crippen molar-refractivity contribution in [1.29, 1.82) is 0 Å². The second-order valence-corrected chi connectivity index (χ2v) is 6.13. The number of rotatable bonds is 5. The van der Waals surface area contributed by atoms with Gasteiger partial charge in [-0.15, -0.1) is 0 Å². The van der Waals surface area contributed by atoms with Gasteiger partial charge in [-0.1, -0.05) is 30.3 Å². The molecule has 0 atom stereocenters. The van der Waals surface area contributed by atoms with Gasteiger partial charge in [0.15, 0.2) is 5.16 Å². The molecule has 0 saturated carbocycles. The molecule has 3 rings (SSSR count). The molecule has 0 fully saturated rings. The van der Waals surface area contributed by atoms with Crippen molar-refractivity contribution in [3.8, 4) is 11.3 Å². The van der Waals surface area contributed by atoms with Gasteiger partial charge in [0, 0.05) is 13.1 Å². The first kappa shape index (κ1) is 16.7. The van der Waals surface area contributed by atoms with Gasteiger partial charge in [-0.3, -0.25) is 20.2 Å². The van der Waals surface area contributed by atoms with Gasteiger partial charge in [0.2, 0.25) is 0 Å². The van der Waals surface area contributed by atoms with E-state index in [1.165, 1.54) is 12.1 Å². The molecule has 0 saturated heterocycles. The Morgan fingerprint density at radius 3 is 2.40 bits per heavy atom. The van der Waals surface area contributed by atoms with Gasteiger partial charge in [0.25, 0.3) is 11.4 Å². The Morgan fingerprint density at radius 2 is 1.76 bits per heavy atom. The van der Waals surface area contributed by atoms with E-state index in [1.54, 1.807) is 6.20 Å². The maximum Gasteiger partial charge on any atom is 0.290 e. The zero-order valence-electron chi connectivity index (χ0n) is 13.0. The lowest BCUT2D eigenvalue weighted by molar-refractivity contribution is -0.396. The van der Waals surface area contributed by atoms with Crippen LogP contribution >= 0.6 is 11.8 Å². The van der Waals surface area contributed by atoms with Gasteiger partial charge in [-0.25, -0.2) is 4.98 Å². The molecule has 0 aliphatic heterocycles. The fraction of sp³-hybridized carbons (Fsp3) is 0.0625. The minimum atomic E-state index is -0.657. The third-order valence-electron chi connectivity index (χ3n) is 3.57. The number of nitrogens with zero attached hydrogens (tertiary/aromatic N) is 4. The smallest absolute Gasteiger partial charge is 0.290 e. The molecule has 9 heteroatoms. The molecular formula is C16H12N4O4S. The molecule has 0 bridgehead atoms. The second kappa shape index (κ2) is 6.73. The molecule has 0 aliphatic carbocycles. The zero-order valence-corrected chi connectivity index (χ0v) is 13.8. The van der Waals surface area contributed by atoms with Crippen molar-refractivity contribution in [3.05, 3.63) is 75.0 Å². The summed E-state index contributed by atoms with van der Waals surface area (Å²) in [4.78, 5) is 25.4. The van der Waals surface area contributed by atoms with Crippen molar-refractivity contribution in [3.63, 3.8) is 0 Å². The van der Waals surface area contributed by atoms with Crippen LogP contribution in [0, 0.1) is 20.2 Å². The standard InChI is InChI=1S/C16H12N4O4S/c1-18-14(11-5-3-2-4-6-11)10-17-16(18)25-15-8-7-12(19(21)22)9-13(15)20(23)24/h2-10H,1H3. The molecule has 1 heterocycles. The summed E-state index contributed by atoms with van der Waals surface area (Å²) >= 11 is 1.09. The summed E-state index contributed by atoms with van der Waals surface area (Å²) in [5.41, 5.74) is 1.21. The highest BCUT2D eigenvalue weighted by molar-refractivity contribution is 7.99. The largest absolute Gasteiger partial charge is 0.322 e. The monoisotopic (exact) mass is 356 g/mol. The van der Waals surface area contributed by atoms with Gasteiger partial charge < -0.3 is 4.57 Å². The molecule has 2 aromatic carbocycles. The number of nitro benzene ring substituents is 2. The van der Waals surface area contributed by atoms with Crippen LogP contribution < -0.4 is 0 Å². The highest BCUT2D eigenvalue weighted by Crippen LogP contribution is 2.37. The number of imidazole rings is 1. The van der Waals surface area contributed by atoms with Crippen LogP contribution in [0.2, 0.25) is 0 Å². The summed E-state index contributed by atoms with van der Waals surface area (Å²) < 4.78 is 1.82. The highest BCUT2D eigenvalue weighted by atomic mass is 32.2. The molecule has 126 valence electrons. The second-order valence-electron chi connectivity index (χ2n) is 5.12. The number of hydrogen-bond acceptors (Lipinski definition) is 6. The van der Waals surface area contributed by atoms with E-state index in [0.717, 1.165) is 29.1 Å². The molecule has 1 aromatic heterocycles. The van der Waals surface area contributed by atoms with Crippen LogP contribution in [-0.4, -0.2) is 19.4 Å². The summed E-state index contributed by atoms with van der Waals surface area (Å²) in [5, 5.41) is 22.6. The fourth-order valence-electron chi connectivity index (χ4n) is 2.31. The number of aromatic nitrogens is 2. The summed E-state index contributed by atoms with van der Waals surface area (Å²) in [6.45, 7) is 0. The summed E-state index contributed by atoms with van der Waals surface area (Å²) in [7, 11) is 1.81. The van der Waals surface area contributed by atoms with Crippen LogP contribution in [0.5, 0.6) is 0 Å². The van der Waals surface area contributed by atoms with Crippen LogP contribution in [0.3, 0.4) is 0 Å². The Bertz CT molecular complexity index is 956. The molecular weight excluding hydrogens is 344 g/mol. The molecule has 0 radical (unpaired) electrons. The van der Waals surface area contributed by atoms with E-state index in [9.17, 15) is 20.2 Å². The SMILES string of the molecule is Cn1c(-c2ccccc2)cnc1Sc1ccc([N+](=O)[O-])cc1[N+](=O)[O-]. The predicted molar refractivity (Wildman–Crippen MR) is 92.5 cm³/mol. The van der Waals surface area contributed by atoms with E-state index < -0.39 is 9.85 Å². The predicted octanol–water partition coefficient (Wildman–Crippen LogP) is 4.05. The van der Waals surface area contributed by atoms with Crippen molar-refractivity contribution >= 4 is 23.1 Å². The van der Waals surface area contributed by atoms with Crippen LogP contribution in [0.1, 0.15) is 0 Å². The van der Waals surface area contributed by atoms with Gasteiger partial charge in [0.05, 0.1) is 32.7 Å². The average molecular weight is 356 g/mol. The lowest BCUT2D eigenvalue weighted by Gasteiger charge is -2.06. The van der Waals surface area contributed by atoms with E-state index in [1.807, 2.05) is 41.9 Å². The van der Waals surface area contributed by atoms with E-state index in [0.29, 0.717) is 10.1 Å². The summed E-state index contributed by atoms with van der Waals surface area (Å²) in [6.07, 6.45) is 1.69. The Morgan fingerprint density at radius 1 is 1.04 bits per heavy atom. The molecule has 8 nitrogen and oxygen atoms in total. The molecule has 0 spiro atoms. The van der Waals surface area contributed by atoms with Crippen molar-refractivity contribution in [2.24, 2.45) is 7.05 Å². The summed E-state index contributed by atoms with van der Waals surface area (Å²) in [5.74, 6) is 0. The maximum atomic E-state index is 11.2. The molecule has 3 aromatic rings. The maximum absolute atomic E-state index is 11.2. The van der Waals surface area contributed by atoms with E-state index in [-0.39, 0.29) is 11.4 Å². The topological polar surface area (TPSA) is 104 Å². The Hall–Kier alpha value is -3.20. The summed E-state index contributed by atoms with van der Waals surface area (Å²) in [6, 6.07) is 13.2. The highest BCUT2D eigenvalue weighted by Gasteiger charge is 2.22. The van der Waals surface area contributed by atoms with Crippen molar-refractivity contribution < 1.29 is 9.85 Å². The molecule has 25 heavy (non-hydrogen) atoms. The van der Waals surface area contributed by atoms with E-state index >= 15 is 0 Å². The van der Waals surface area contributed by atoms with Crippen LogP contribution in [0.4, 0.5) is 11.4 Å². The van der Waals surface area contributed by atoms with Gasteiger partial charge in [0.1, 0.15) is 0 Å². The normalized spacial score (nSPS) is 10.6. The van der Waals surface area contributed by atoms with Crippen molar-refractivity contribution in [2.45, 2.75) is 10.1 Å². The van der Waals surface area contributed by atoms with Crippen molar-refractivity contribution in [1.82, 2.24) is 9.55 Å². The molecule has 0 amide bonds. The molecule has 0 N–H and O–H groups in total. The first-order valence-corrected chi connectivity index (χ1v) is 7.97. The Balaban J connectivity index is 1.97. The van der Waals surface area contributed by atoms with Gasteiger partial charge in [-0.05, 0) is 23.4 Å². The van der Waals surface area contributed by atoms with Crippen molar-refractivity contribution in [2.75, 3.05) is 0 Å². The van der Waals surface area contributed by atoms with Gasteiger partial charge >= 0.3 is 0 Å². The molecule has 0 unspecified atom stereocenters.